The second kappa shape index (κ2) is 5.71. The Kier molecular flexibility index (Phi) is 4.15. The van der Waals surface area contributed by atoms with Crippen molar-refractivity contribution in [1.29, 1.82) is 0 Å². The highest BCUT2D eigenvalue weighted by atomic mass is 16.6. The van der Waals surface area contributed by atoms with E-state index in [2.05, 4.69) is 10.3 Å². The molecule has 1 unspecified atom stereocenters. The van der Waals surface area contributed by atoms with Crippen molar-refractivity contribution in [1.82, 2.24) is 19.9 Å². The number of nitrogens with two attached hydrogens (primary N) is 1. The minimum absolute atomic E-state index is 0.0118. The molecule has 1 fully saturated rings. The molecule has 1 saturated heterocycles. The fourth-order valence-corrected chi connectivity index (χ4v) is 2.30. The standard InChI is InChI=1S/C13H21N5O3/c1-13(2,3)21-12(20)18-6-4-5-9(18)7-17-8-10(11(14)19)15-16-17/h8-9H,4-7H2,1-3H3,(H2,14,19). The number of carbonyl (C=O) groups excluding carboxylic acids is 2. The first-order valence-corrected chi connectivity index (χ1v) is 6.96. The quantitative estimate of drug-likeness (QED) is 0.887. The van der Waals surface area contributed by atoms with Crippen molar-refractivity contribution < 1.29 is 14.3 Å². The Morgan fingerprint density at radius 2 is 2.19 bits per heavy atom. The Bertz CT molecular complexity index is 534. The van der Waals surface area contributed by atoms with Crippen molar-refractivity contribution in [3.05, 3.63) is 11.9 Å². The van der Waals surface area contributed by atoms with Crippen LogP contribution in [-0.4, -0.2) is 50.1 Å². The zero-order valence-electron chi connectivity index (χ0n) is 12.6. The Labute approximate surface area is 123 Å². The number of primary amides is 1. The average Bonchev–Trinajstić information content (AvgIpc) is 2.96. The Morgan fingerprint density at radius 3 is 2.76 bits per heavy atom. The molecule has 0 radical (unpaired) electrons. The van der Waals surface area contributed by atoms with E-state index in [9.17, 15) is 9.59 Å². The lowest BCUT2D eigenvalue weighted by atomic mass is 10.2. The molecule has 2 heterocycles. The molecule has 21 heavy (non-hydrogen) atoms. The molecule has 1 aliphatic heterocycles. The van der Waals surface area contributed by atoms with Crippen molar-refractivity contribution in [3.8, 4) is 0 Å². The molecular formula is C13H21N5O3. The van der Waals surface area contributed by atoms with Crippen LogP contribution >= 0.6 is 0 Å². The number of hydrogen-bond donors (Lipinski definition) is 1. The monoisotopic (exact) mass is 295 g/mol. The molecule has 0 aromatic carbocycles. The normalized spacial score (nSPS) is 18.8. The van der Waals surface area contributed by atoms with Gasteiger partial charge in [-0.15, -0.1) is 5.10 Å². The predicted octanol–water partition coefficient (Wildman–Crippen LogP) is 0.776. The van der Waals surface area contributed by atoms with Crippen LogP contribution in [0.4, 0.5) is 4.79 Å². The van der Waals surface area contributed by atoms with Crippen LogP contribution in [0.3, 0.4) is 0 Å². The third-order valence-electron chi connectivity index (χ3n) is 3.19. The second-order valence-electron chi connectivity index (χ2n) is 6.16. The lowest BCUT2D eigenvalue weighted by molar-refractivity contribution is 0.0211. The first-order chi connectivity index (χ1) is 9.76. The molecule has 0 aliphatic carbocycles. The lowest BCUT2D eigenvalue weighted by Crippen LogP contribution is -2.41. The number of hydrogen-bond acceptors (Lipinski definition) is 5. The summed E-state index contributed by atoms with van der Waals surface area (Å²) in [6, 6.07) is -0.0118. The number of ether oxygens (including phenoxy) is 1. The summed E-state index contributed by atoms with van der Waals surface area (Å²) < 4.78 is 6.94. The Balaban J connectivity index is 2.01. The van der Waals surface area contributed by atoms with E-state index in [4.69, 9.17) is 10.5 Å². The molecule has 8 nitrogen and oxygen atoms in total. The van der Waals surface area contributed by atoms with Crippen molar-refractivity contribution in [2.24, 2.45) is 5.73 Å². The van der Waals surface area contributed by atoms with Gasteiger partial charge < -0.3 is 15.4 Å². The minimum atomic E-state index is -0.614. The van der Waals surface area contributed by atoms with Crippen LogP contribution < -0.4 is 5.73 Å². The topological polar surface area (TPSA) is 103 Å². The number of nitrogens with zero attached hydrogens (tertiary/aromatic N) is 4. The Morgan fingerprint density at radius 1 is 1.48 bits per heavy atom. The maximum atomic E-state index is 12.2. The molecule has 1 aromatic heterocycles. The van der Waals surface area contributed by atoms with Gasteiger partial charge in [0.05, 0.1) is 18.8 Å². The number of likely N-dealkylation sites (tertiary alicyclic amines) is 1. The summed E-state index contributed by atoms with van der Waals surface area (Å²) in [4.78, 5) is 24.9. The van der Waals surface area contributed by atoms with E-state index in [1.54, 1.807) is 4.90 Å². The molecule has 1 atom stereocenters. The highest BCUT2D eigenvalue weighted by molar-refractivity contribution is 5.90. The first-order valence-electron chi connectivity index (χ1n) is 6.96. The van der Waals surface area contributed by atoms with Gasteiger partial charge in [-0.1, -0.05) is 5.21 Å². The van der Waals surface area contributed by atoms with E-state index >= 15 is 0 Å². The molecule has 0 bridgehead atoms. The summed E-state index contributed by atoms with van der Waals surface area (Å²) in [5.74, 6) is -0.614. The largest absolute Gasteiger partial charge is 0.444 e. The number of amides is 2. The SMILES string of the molecule is CC(C)(C)OC(=O)N1CCCC1Cn1cc(C(N)=O)nn1. The highest BCUT2D eigenvalue weighted by Crippen LogP contribution is 2.21. The van der Waals surface area contributed by atoms with Gasteiger partial charge in [-0.05, 0) is 33.6 Å². The van der Waals surface area contributed by atoms with E-state index in [-0.39, 0.29) is 17.8 Å². The van der Waals surface area contributed by atoms with Crippen molar-refractivity contribution in [3.63, 3.8) is 0 Å². The van der Waals surface area contributed by atoms with Crippen molar-refractivity contribution in [2.45, 2.75) is 51.8 Å². The molecule has 1 aliphatic rings. The smallest absolute Gasteiger partial charge is 0.410 e. The fraction of sp³-hybridized carbons (Fsp3) is 0.692. The highest BCUT2D eigenvalue weighted by Gasteiger charge is 2.32. The van der Waals surface area contributed by atoms with E-state index in [0.29, 0.717) is 13.1 Å². The predicted molar refractivity (Wildman–Crippen MR) is 74.5 cm³/mol. The van der Waals surface area contributed by atoms with Crippen LogP contribution in [0.2, 0.25) is 0 Å². The molecule has 0 spiro atoms. The van der Waals surface area contributed by atoms with E-state index in [1.807, 2.05) is 20.8 Å². The molecular weight excluding hydrogens is 274 g/mol. The van der Waals surface area contributed by atoms with E-state index < -0.39 is 11.5 Å². The van der Waals surface area contributed by atoms with Gasteiger partial charge in [0, 0.05) is 6.54 Å². The fourth-order valence-electron chi connectivity index (χ4n) is 2.30. The minimum Gasteiger partial charge on any atom is -0.444 e. The van der Waals surface area contributed by atoms with Crippen LogP contribution in [0.15, 0.2) is 6.20 Å². The number of aromatic nitrogens is 3. The lowest BCUT2D eigenvalue weighted by Gasteiger charge is -2.28. The van der Waals surface area contributed by atoms with Crippen molar-refractivity contribution in [2.75, 3.05) is 6.54 Å². The zero-order valence-corrected chi connectivity index (χ0v) is 12.6. The summed E-state index contributed by atoms with van der Waals surface area (Å²) in [6.45, 7) is 6.65. The molecule has 0 saturated carbocycles. The molecule has 116 valence electrons. The van der Waals surface area contributed by atoms with E-state index in [0.717, 1.165) is 12.8 Å². The van der Waals surface area contributed by atoms with Gasteiger partial charge in [-0.3, -0.25) is 4.79 Å². The van der Waals surface area contributed by atoms with Gasteiger partial charge in [0.15, 0.2) is 5.69 Å². The third-order valence-corrected chi connectivity index (χ3v) is 3.19. The molecule has 2 N–H and O–H groups in total. The van der Waals surface area contributed by atoms with Crippen LogP contribution in [0, 0.1) is 0 Å². The van der Waals surface area contributed by atoms with Gasteiger partial charge in [0.1, 0.15) is 5.60 Å². The van der Waals surface area contributed by atoms with Crippen LogP contribution in [-0.2, 0) is 11.3 Å². The summed E-state index contributed by atoms with van der Waals surface area (Å²) in [6.07, 6.45) is 2.96. The third kappa shape index (κ3) is 3.93. The van der Waals surface area contributed by atoms with Crippen molar-refractivity contribution >= 4 is 12.0 Å². The zero-order chi connectivity index (χ0) is 15.6. The van der Waals surface area contributed by atoms with Crippen LogP contribution in [0.1, 0.15) is 44.1 Å². The van der Waals surface area contributed by atoms with Gasteiger partial charge in [-0.2, -0.15) is 0 Å². The van der Waals surface area contributed by atoms with Crippen LogP contribution in [0.5, 0.6) is 0 Å². The summed E-state index contributed by atoms with van der Waals surface area (Å²) in [5.41, 5.74) is 4.75. The first kappa shape index (κ1) is 15.3. The van der Waals surface area contributed by atoms with Gasteiger partial charge in [-0.25, -0.2) is 9.48 Å². The number of rotatable bonds is 3. The van der Waals surface area contributed by atoms with Gasteiger partial charge in [0.2, 0.25) is 0 Å². The maximum absolute atomic E-state index is 12.2. The van der Waals surface area contributed by atoms with E-state index in [1.165, 1.54) is 10.9 Å². The summed E-state index contributed by atoms with van der Waals surface area (Å²) in [5, 5.41) is 7.55. The van der Waals surface area contributed by atoms with Gasteiger partial charge >= 0.3 is 6.09 Å². The summed E-state index contributed by atoms with van der Waals surface area (Å²) in [7, 11) is 0. The van der Waals surface area contributed by atoms with Crippen LogP contribution in [0.25, 0.3) is 0 Å². The second-order valence-corrected chi connectivity index (χ2v) is 6.16. The molecule has 8 heteroatoms. The molecule has 1 aromatic rings. The summed E-state index contributed by atoms with van der Waals surface area (Å²) >= 11 is 0. The van der Waals surface area contributed by atoms with Gasteiger partial charge in [0.25, 0.3) is 5.91 Å². The molecule has 2 amide bonds. The molecule has 2 rings (SSSR count). The maximum Gasteiger partial charge on any atom is 0.410 e. The number of carbonyl (C=O) groups is 2. The Hall–Kier alpha value is -2.12. The average molecular weight is 295 g/mol.